The van der Waals surface area contributed by atoms with E-state index in [1.807, 2.05) is 0 Å². The van der Waals surface area contributed by atoms with E-state index in [1.54, 1.807) is 0 Å². The molecule has 1 aliphatic heterocycles. The minimum Gasteiger partial charge on any atom is -0.330 e. The van der Waals surface area contributed by atoms with Gasteiger partial charge < -0.3 is 5.73 Å². The first-order valence-corrected chi connectivity index (χ1v) is 6.52. The molecular formula is C13H28N3+. The van der Waals surface area contributed by atoms with Gasteiger partial charge in [-0.3, -0.25) is 0 Å². The second-order valence-electron chi connectivity index (χ2n) is 6.01. The molecule has 0 bridgehead atoms. The van der Waals surface area contributed by atoms with Crippen LogP contribution in [0.4, 0.5) is 0 Å². The van der Waals surface area contributed by atoms with Gasteiger partial charge in [-0.25, -0.2) is 0 Å². The number of nitrogens with zero attached hydrogens (tertiary/aromatic N) is 1. The van der Waals surface area contributed by atoms with Gasteiger partial charge in [-0.05, 0) is 19.4 Å². The maximum Gasteiger partial charge on any atom is 0.188 e. The average molecular weight is 226 g/mol. The minimum absolute atomic E-state index is 0.294. The summed E-state index contributed by atoms with van der Waals surface area (Å²) in [7, 11) is 0. The van der Waals surface area contributed by atoms with E-state index in [1.165, 1.54) is 6.42 Å². The maximum absolute atomic E-state index is 5.60. The van der Waals surface area contributed by atoms with Gasteiger partial charge in [0.15, 0.2) is 12.3 Å². The lowest BCUT2D eigenvalue weighted by atomic mass is 9.78. The van der Waals surface area contributed by atoms with Crippen LogP contribution in [0.1, 0.15) is 47.0 Å². The highest BCUT2D eigenvalue weighted by molar-refractivity contribution is 5.52. The molecule has 0 amide bonds. The van der Waals surface area contributed by atoms with E-state index in [-0.39, 0.29) is 0 Å². The first kappa shape index (κ1) is 13.5. The van der Waals surface area contributed by atoms with E-state index in [4.69, 9.17) is 5.73 Å². The van der Waals surface area contributed by atoms with Crippen molar-refractivity contribution in [2.45, 2.75) is 53.0 Å². The molecule has 2 unspecified atom stereocenters. The van der Waals surface area contributed by atoms with Crippen LogP contribution in [0.15, 0.2) is 0 Å². The molecule has 16 heavy (non-hydrogen) atoms. The van der Waals surface area contributed by atoms with Gasteiger partial charge in [-0.15, -0.1) is 4.68 Å². The summed E-state index contributed by atoms with van der Waals surface area (Å²) in [6, 6.07) is 0.557. The van der Waals surface area contributed by atoms with Crippen molar-refractivity contribution in [3.05, 3.63) is 0 Å². The van der Waals surface area contributed by atoms with Crippen LogP contribution < -0.4 is 11.2 Å². The van der Waals surface area contributed by atoms with Gasteiger partial charge in [0.1, 0.15) is 0 Å². The van der Waals surface area contributed by atoms with Crippen LogP contribution in [-0.4, -0.2) is 30.0 Å². The smallest absolute Gasteiger partial charge is 0.188 e. The molecule has 3 nitrogen and oxygen atoms in total. The van der Waals surface area contributed by atoms with E-state index in [0.29, 0.717) is 17.4 Å². The van der Waals surface area contributed by atoms with E-state index in [0.717, 1.165) is 25.9 Å². The summed E-state index contributed by atoms with van der Waals surface area (Å²) in [6.45, 7) is 11.2. The van der Waals surface area contributed by atoms with Gasteiger partial charge in [0.05, 0.1) is 13.0 Å². The predicted molar refractivity (Wildman–Crippen MR) is 69.6 cm³/mol. The average Bonchev–Trinajstić information content (AvgIpc) is 2.65. The molecule has 0 fully saturated rings. The summed E-state index contributed by atoms with van der Waals surface area (Å²) < 4.78 is 2.33. The fraction of sp³-hybridized carbons (Fsp3) is 0.923. The lowest BCUT2D eigenvalue weighted by Crippen LogP contribution is -2.46. The fourth-order valence-corrected chi connectivity index (χ4v) is 2.82. The second kappa shape index (κ2) is 5.67. The molecule has 0 saturated carbocycles. The minimum atomic E-state index is 0.294. The van der Waals surface area contributed by atoms with Crippen LogP contribution >= 0.6 is 0 Å². The van der Waals surface area contributed by atoms with E-state index in [2.05, 4.69) is 44.0 Å². The number of nitrogens with two attached hydrogens (primary N) is 1. The SMILES string of the molecule is CC(CCCN)C([N+]1=CCCN1)C(C)(C)C. The standard InChI is InChI=1S/C13H28N3/c1-11(7-5-8-14)12(13(2,3)4)16-10-6-9-15-16/h10-12,15H,5-9,14H2,1-4H3/q+1. The van der Waals surface area contributed by atoms with Crippen LogP contribution in [-0.2, 0) is 0 Å². The Morgan fingerprint density at radius 2 is 2.12 bits per heavy atom. The molecule has 3 heteroatoms. The van der Waals surface area contributed by atoms with Crippen molar-refractivity contribution < 1.29 is 4.68 Å². The first-order valence-electron chi connectivity index (χ1n) is 6.52. The van der Waals surface area contributed by atoms with Gasteiger partial charge >= 0.3 is 0 Å². The zero-order chi connectivity index (χ0) is 12.2. The molecular weight excluding hydrogens is 198 g/mol. The Kier molecular flexibility index (Phi) is 4.78. The van der Waals surface area contributed by atoms with Crippen LogP contribution in [0.5, 0.6) is 0 Å². The summed E-state index contributed by atoms with van der Waals surface area (Å²) in [5.74, 6) is 0.672. The highest BCUT2D eigenvalue weighted by atomic mass is 15.5. The quantitative estimate of drug-likeness (QED) is 0.702. The molecule has 1 heterocycles. The Balaban J connectivity index is 2.71. The lowest BCUT2D eigenvalue weighted by Gasteiger charge is -2.31. The van der Waals surface area contributed by atoms with Crippen molar-refractivity contribution >= 4 is 6.21 Å². The Labute approximate surface area is 100 Å². The Morgan fingerprint density at radius 1 is 1.44 bits per heavy atom. The van der Waals surface area contributed by atoms with Crippen molar-refractivity contribution in [3.8, 4) is 0 Å². The molecule has 2 atom stereocenters. The zero-order valence-corrected chi connectivity index (χ0v) is 11.3. The van der Waals surface area contributed by atoms with E-state index >= 15 is 0 Å². The van der Waals surface area contributed by atoms with Crippen molar-refractivity contribution in [1.82, 2.24) is 5.43 Å². The third kappa shape index (κ3) is 3.48. The summed E-state index contributed by atoms with van der Waals surface area (Å²) in [4.78, 5) is 0. The van der Waals surface area contributed by atoms with Crippen molar-refractivity contribution in [3.63, 3.8) is 0 Å². The molecule has 0 aliphatic carbocycles. The highest BCUT2D eigenvalue weighted by Crippen LogP contribution is 2.30. The summed E-state index contributed by atoms with van der Waals surface area (Å²) >= 11 is 0. The Hall–Kier alpha value is -0.570. The van der Waals surface area contributed by atoms with Crippen LogP contribution in [0, 0.1) is 11.3 Å². The number of hydrogen-bond acceptors (Lipinski definition) is 2. The van der Waals surface area contributed by atoms with Gasteiger partial charge in [0, 0.05) is 11.3 Å². The number of hydrazone groups is 1. The van der Waals surface area contributed by atoms with E-state index in [9.17, 15) is 0 Å². The fourth-order valence-electron chi connectivity index (χ4n) is 2.82. The number of nitrogens with one attached hydrogen (secondary N) is 1. The molecule has 0 aromatic rings. The van der Waals surface area contributed by atoms with Gasteiger partial charge in [-0.1, -0.05) is 27.7 Å². The monoisotopic (exact) mass is 226 g/mol. The molecule has 0 saturated heterocycles. The van der Waals surface area contributed by atoms with Crippen LogP contribution in [0.3, 0.4) is 0 Å². The summed E-state index contributed by atoms with van der Waals surface area (Å²) in [5.41, 5.74) is 9.36. The maximum atomic E-state index is 5.60. The predicted octanol–water partition coefficient (Wildman–Crippen LogP) is 1.77. The summed E-state index contributed by atoms with van der Waals surface area (Å²) in [6.07, 6.45) is 5.79. The highest BCUT2D eigenvalue weighted by Gasteiger charge is 2.39. The van der Waals surface area contributed by atoms with E-state index < -0.39 is 0 Å². The topological polar surface area (TPSA) is 41.1 Å². The largest absolute Gasteiger partial charge is 0.330 e. The zero-order valence-electron chi connectivity index (χ0n) is 11.3. The molecule has 0 spiro atoms. The van der Waals surface area contributed by atoms with Crippen LogP contribution in [0.25, 0.3) is 0 Å². The number of rotatable bonds is 5. The third-order valence-electron chi connectivity index (χ3n) is 3.35. The van der Waals surface area contributed by atoms with Crippen LogP contribution in [0.2, 0.25) is 0 Å². The molecule has 0 aromatic heterocycles. The third-order valence-corrected chi connectivity index (χ3v) is 3.35. The first-order chi connectivity index (χ1) is 7.46. The number of hydrogen-bond donors (Lipinski definition) is 2. The molecule has 1 aliphatic rings. The number of hydrazine groups is 1. The van der Waals surface area contributed by atoms with Gasteiger partial charge in [0.25, 0.3) is 0 Å². The molecule has 3 N–H and O–H groups in total. The summed E-state index contributed by atoms with van der Waals surface area (Å²) in [5, 5.41) is 0. The Bertz CT molecular complexity index is 240. The van der Waals surface area contributed by atoms with Crippen molar-refractivity contribution in [2.24, 2.45) is 17.1 Å². The molecule has 1 rings (SSSR count). The second-order valence-corrected chi connectivity index (χ2v) is 6.01. The van der Waals surface area contributed by atoms with Gasteiger partial charge in [0.2, 0.25) is 0 Å². The van der Waals surface area contributed by atoms with Crippen molar-refractivity contribution in [1.29, 1.82) is 0 Å². The normalized spacial score (nSPS) is 20.2. The molecule has 0 radical (unpaired) electrons. The molecule has 0 aromatic carbocycles. The molecule has 94 valence electrons. The van der Waals surface area contributed by atoms with Gasteiger partial charge in [-0.2, -0.15) is 5.43 Å². The van der Waals surface area contributed by atoms with Crippen molar-refractivity contribution in [2.75, 3.05) is 13.1 Å². The lowest BCUT2D eigenvalue weighted by molar-refractivity contribution is -0.631. The Morgan fingerprint density at radius 3 is 2.56 bits per heavy atom.